The number of anilines is 1. The van der Waals surface area contributed by atoms with Gasteiger partial charge in [-0.25, -0.2) is 0 Å². The second kappa shape index (κ2) is 8.91. The van der Waals surface area contributed by atoms with Gasteiger partial charge in [0.2, 0.25) is 0 Å². The van der Waals surface area contributed by atoms with Crippen LogP contribution in [-0.4, -0.2) is 37.0 Å². The number of aromatic amines is 1. The highest BCUT2D eigenvalue weighted by molar-refractivity contribution is 6.35. The monoisotopic (exact) mass is 498 g/mol. The Bertz CT molecular complexity index is 1300. The van der Waals surface area contributed by atoms with Gasteiger partial charge in [0.15, 0.2) is 5.69 Å². The SMILES string of the molecule is CC(Oc1ccc2[nH]nc(C(=O)Nc3cnn(CC(F)(F)F)c3)c2c1)c1c(Cl)cncc1Cl. The number of nitrogens with one attached hydrogen (secondary N) is 2. The number of aromatic nitrogens is 5. The largest absolute Gasteiger partial charge is 0.486 e. The fourth-order valence-corrected chi connectivity index (χ4v) is 3.87. The van der Waals surface area contributed by atoms with Crippen molar-refractivity contribution in [3.05, 3.63) is 64.3 Å². The predicted octanol–water partition coefficient (Wildman–Crippen LogP) is 5.42. The highest BCUT2D eigenvalue weighted by Gasteiger charge is 2.28. The number of amides is 1. The first-order chi connectivity index (χ1) is 15.6. The van der Waals surface area contributed by atoms with Crippen LogP contribution in [-0.2, 0) is 6.54 Å². The summed E-state index contributed by atoms with van der Waals surface area (Å²) < 4.78 is 44.1. The quantitative estimate of drug-likeness (QED) is 0.370. The molecule has 0 spiro atoms. The van der Waals surface area contributed by atoms with Crippen molar-refractivity contribution in [1.29, 1.82) is 0 Å². The molecule has 0 bridgehead atoms. The summed E-state index contributed by atoms with van der Waals surface area (Å²) in [6.45, 7) is 0.497. The maximum atomic E-state index is 12.7. The number of nitrogens with zero attached hydrogens (tertiary/aromatic N) is 4. The molecule has 0 saturated carbocycles. The molecule has 3 aromatic heterocycles. The van der Waals surface area contributed by atoms with Crippen molar-refractivity contribution in [2.75, 3.05) is 5.32 Å². The summed E-state index contributed by atoms with van der Waals surface area (Å²) in [5.41, 5.74) is 1.26. The molecule has 1 atom stereocenters. The molecule has 172 valence electrons. The number of alkyl halides is 3. The molecule has 2 N–H and O–H groups in total. The minimum absolute atomic E-state index is 0.0339. The zero-order chi connectivity index (χ0) is 23.8. The summed E-state index contributed by atoms with van der Waals surface area (Å²) in [5, 5.41) is 14.0. The van der Waals surface area contributed by atoms with E-state index in [1.165, 1.54) is 12.4 Å². The summed E-state index contributed by atoms with van der Waals surface area (Å²) >= 11 is 12.4. The lowest BCUT2D eigenvalue weighted by Gasteiger charge is -2.17. The van der Waals surface area contributed by atoms with Crippen LogP contribution in [0.3, 0.4) is 0 Å². The number of pyridine rings is 1. The van der Waals surface area contributed by atoms with Crippen molar-refractivity contribution >= 4 is 45.7 Å². The Balaban J connectivity index is 1.54. The zero-order valence-corrected chi connectivity index (χ0v) is 18.3. The Kier molecular flexibility index (Phi) is 6.17. The average molecular weight is 499 g/mol. The van der Waals surface area contributed by atoms with Crippen molar-refractivity contribution in [3.8, 4) is 5.75 Å². The topological polar surface area (TPSA) is 97.7 Å². The van der Waals surface area contributed by atoms with Gasteiger partial charge >= 0.3 is 6.18 Å². The number of halogens is 5. The number of hydrogen-bond donors (Lipinski definition) is 2. The van der Waals surface area contributed by atoms with E-state index in [9.17, 15) is 18.0 Å². The maximum absolute atomic E-state index is 12.7. The van der Waals surface area contributed by atoms with Gasteiger partial charge in [-0.15, -0.1) is 0 Å². The molecular weight excluding hydrogens is 484 g/mol. The van der Waals surface area contributed by atoms with Gasteiger partial charge in [-0.05, 0) is 25.1 Å². The van der Waals surface area contributed by atoms with Crippen LogP contribution < -0.4 is 10.1 Å². The molecule has 33 heavy (non-hydrogen) atoms. The van der Waals surface area contributed by atoms with Crippen molar-refractivity contribution in [2.24, 2.45) is 0 Å². The molecule has 0 radical (unpaired) electrons. The normalized spacial score (nSPS) is 12.7. The van der Waals surface area contributed by atoms with Gasteiger partial charge in [0.25, 0.3) is 5.91 Å². The summed E-state index contributed by atoms with van der Waals surface area (Å²) in [6, 6.07) is 4.97. The Labute approximate surface area is 194 Å². The first-order valence-corrected chi connectivity index (χ1v) is 10.2. The second-order valence-corrected chi connectivity index (χ2v) is 7.87. The molecule has 3 heterocycles. The van der Waals surface area contributed by atoms with Crippen molar-refractivity contribution in [2.45, 2.75) is 25.7 Å². The third-order valence-electron chi connectivity index (χ3n) is 4.59. The number of hydrogen-bond acceptors (Lipinski definition) is 5. The third kappa shape index (κ3) is 5.20. The van der Waals surface area contributed by atoms with Crippen LogP contribution in [0, 0.1) is 0 Å². The summed E-state index contributed by atoms with van der Waals surface area (Å²) in [7, 11) is 0. The maximum Gasteiger partial charge on any atom is 0.408 e. The molecule has 1 aromatic carbocycles. The Morgan fingerprint density at radius 3 is 2.67 bits per heavy atom. The highest BCUT2D eigenvalue weighted by Crippen LogP contribution is 2.33. The molecule has 0 aliphatic carbocycles. The van der Waals surface area contributed by atoms with Gasteiger partial charge in [0.05, 0.1) is 27.4 Å². The minimum atomic E-state index is -4.43. The van der Waals surface area contributed by atoms with Gasteiger partial charge in [-0.3, -0.25) is 19.6 Å². The summed E-state index contributed by atoms with van der Waals surface area (Å²) in [5.74, 6) is -0.203. The molecule has 4 aromatic rings. The lowest BCUT2D eigenvalue weighted by Crippen LogP contribution is -2.18. The van der Waals surface area contributed by atoms with Crippen LogP contribution in [0.25, 0.3) is 10.9 Å². The van der Waals surface area contributed by atoms with Crippen LogP contribution in [0.2, 0.25) is 10.0 Å². The number of H-pyrrole nitrogens is 1. The standard InChI is InChI=1S/C20H15Cl2F3N6O2/c1-10(17-14(21)6-26-7-15(17)22)33-12-2-3-16-13(4-12)18(30-29-16)19(32)28-11-5-27-31(8-11)9-20(23,24)25/h2-8,10H,9H2,1H3,(H,28,32)(H,29,30). The van der Waals surface area contributed by atoms with E-state index in [0.29, 0.717) is 36.9 Å². The Morgan fingerprint density at radius 2 is 1.97 bits per heavy atom. The lowest BCUT2D eigenvalue weighted by molar-refractivity contribution is -0.142. The molecule has 0 fully saturated rings. The number of carbonyl (C=O) groups is 1. The van der Waals surface area contributed by atoms with Crippen LogP contribution in [0.1, 0.15) is 29.1 Å². The summed E-state index contributed by atoms with van der Waals surface area (Å²) in [6.07, 6.45) is 0.177. The van der Waals surface area contributed by atoms with E-state index in [2.05, 4.69) is 25.6 Å². The minimum Gasteiger partial charge on any atom is -0.486 e. The first-order valence-electron chi connectivity index (χ1n) is 9.45. The van der Waals surface area contributed by atoms with Gasteiger partial charge in [0, 0.05) is 29.5 Å². The molecule has 0 aliphatic rings. The molecule has 0 aliphatic heterocycles. The second-order valence-electron chi connectivity index (χ2n) is 7.05. The van der Waals surface area contributed by atoms with Crippen molar-refractivity contribution in [3.63, 3.8) is 0 Å². The fourth-order valence-electron chi connectivity index (χ4n) is 3.20. The smallest absolute Gasteiger partial charge is 0.408 e. The van der Waals surface area contributed by atoms with Crippen LogP contribution in [0.15, 0.2) is 43.0 Å². The van der Waals surface area contributed by atoms with Gasteiger partial charge in [-0.1, -0.05) is 23.2 Å². The zero-order valence-electron chi connectivity index (χ0n) is 16.8. The number of fused-ring (bicyclic) bond motifs is 1. The van der Waals surface area contributed by atoms with Crippen molar-refractivity contribution in [1.82, 2.24) is 25.0 Å². The van der Waals surface area contributed by atoms with Gasteiger partial charge in [-0.2, -0.15) is 23.4 Å². The average Bonchev–Trinajstić information content (AvgIpc) is 3.32. The number of benzene rings is 1. The predicted molar refractivity (Wildman–Crippen MR) is 116 cm³/mol. The van der Waals surface area contributed by atoms with Crippen LogP contribution >= 0.6 is 23.2 Å². The van der Waals surface area contributed by atoms with Gasteiger partial charge in [0.1, 0.15) is 18.4 Å². The molecular formula is C20H15Cl2F3N6O2. The number of carbonyl (C=O) groups excluding carboxylic acids is 1. The molecule has 0 saturated heterocycles. The molecule has 4 rings (SSSR count). The molecule has 1 amide bonds. The van der Waals surface area contributed by atoms with E-state index in [4.69, 9.17) is 27.9 Å². The first kappa shape index (κ1) is 22.9. The lowest BCUT2D eigenvalue weighted by atomic mass is 10.1. The van der Waals surface area contributed by atoms with E-state index >= 15 is 0 Å². The Morgan fingerprint density at radius 1 is 1.24 bits per heavy atom. The Hall–Kier alpha value is -3.31. The van der Waals surface area contributed by atoms with Crippen LogP contribution in [0.5, 0.6) is 5.75 Å². The van der Waals surface area contributed by atoms with Crippen LogP contribution in [0.4, 0.5) is 18.9 Å². The van der Waals surface area contributed by atoms with E-state index in [0.717, 1.165) is 12.4 Å². The third-order valence-corrected chi connectivity index (χ3v) is 5.19. The summed E-state index contributed by atoms with van der Waals surface area (Å²) in [4.78, 5) is 16.6. The highest BCUT2D eigenvalue weighted by atomic mass is 35.5. The number of rotatable bonds is 6. The number of ether oxygens (including phenoxy) is 1. The van der Waals surface area contributed by atoms with E-state index in [-0.39, 0.29) is 11.4 Å². The van der Waals surface area contributed by atoms with Gasteiger partial charge < -0.3 is 10.1 Å². The van der Waals surface area contributed by atoms with Crippen molar-refractivity contribution < 1.29 is 22.7 Å². The fraction of sp³-hybridized carbons (Fsp3) is 0.200. The molecule has 1 unspecified atom stereocenters. The molecule has 8 nitrogen and oxygen atoms in total. The van der Waals surface area contributed by atoms with E-state index in [1.54, 1.807) is 25.1 Å². The molecule has 13 heteroatoms. The van der Waals surface area contributed by atoms with E-state index in [1.807, 2.05) is 0 Å². The van der Waals surface area contributed by atoms with E-state index < -0.39 is 24.7 Å².